The highest BCUT2D eigenvalue weighted by molar-refractivity contribution is 6.16. The molecule has 9 heteroatoms. The molecule has 0 aliphatic carbocycles. The van der Waals surface area contributed by atoms with Crippen molar-refractivity contribution in [2.45, 2.75) is 19.6 Å². The summed E-state index contributed by atoms with van der Waals surface area (Å²) in [4.78, 5) is 22.1. The Morgan fingerprint density at radius 3 is 2.69 bits per heavy atom. The van der Waals surface area contributed by atoms with Crippen molar-refractivity contribution < 1.29 is 13.5 Å². The zero-order chi connectivity index (χ0) is 27.5. The molecule has 5 aromatic rings. The molecule has 5 rings (SSSR count). The van der Waals surface area contributed by atoms with E-state index in [1.807, 2.05) is 18.2 Å². The van der Waals surface area contributed by atoms with E-state index < -0.39 is 11.9 Å². The quantitative estimate of drug-likeness (QED) is 0.222. The van der Waals surface area contributed by atoms with E-state index in [9.17, 15) is 9.18 Å². The van der Waals surface area contributed by atoms with E-state index in [4.69, 9.17) is 20.3 Å². The van der Waals surface area contributed by atoms with Crippen molar-refractivity contribution in [2.24, 2.45) is 0 Å². The summed E-state index contributed by atoms with van der Waals surface area (Å²) < 4.78 is 25.6. The summed E-state index contributed by atoms with van der Waals surface area (Å²) in [7, 11) is 1.60. The first kappa shape index (κ1) is 25.7. The third-order valence-electron chi connectivity index (χ3n) is 6.34. The van der Waals surface area contributed by atoms with Crippen LogP contribution in [0, 0.1) is 11.2 Å². The molecule has 0 aliphatic rings. The van der Waals surface area contributed by atoms with Crippen molar-refractivity contribution >= 4 is 28.3 Å². The number of anilines is 2. The first-order valence-corrected chi connectivity index (χ1v) is 12.2. The Bertz CT molecular complexity index is 1750. The van der Waals surface area contributed by atoms with Gasteiger partial charge >= 0.3 is 0 Å². The highest BCUT2D eigenvalue weighted by Gasteiger charge is 2.24. The number of nitrogens with zero attached hydrogens (tertiary/aromatic N) is 2. The molecule has 1 unspecified atom stereocenters. The maximum atomic E-state index is 14.2. The molecule has 196 valence electrons. The fourth-order valence-electron chi connectivity index (χ4n) is 4.53. The Morgan fingerprint density at radius 1 is 1.10 bits per heavy atom. The number of para-hydroxylation sites is 1. The van der Waals surface area contributed by atoms with Crippen LogP contribution in [-0.4, -0.2) is 22.8 Å². The van der Waals surface area contributed by atoms with Crippen molar-refractivity contribution in [3.8, 4) is 11.1 Å². The van der Waals surface area contributed by atoms with Gasteiger partial charge in [-0.15, -0.1) is 0 Å². The van der Waals surface area contributed by atoms with Gasteiger partial charge in [0.2, 0.25) is 5.43 Å². The summed E-state index contributed by atoms with van der Waals surface area (Å²) in [5.41, 5.74) is 8.91. The Balaban J connectivity index is 1.60. The van der Waals surface area contributed by atoms with Gasteiger partial charge in [0.15, 0.2) is 0 Å². The Labute approximate surface area is 223 Å². The zero-order valence-electron chi connectivity index (χ0n) is 21.4. The molecule has 3 aromatic carbocycles. The van der Waals surface area contributed by atoms with Crippen LogP contribution in [0.15, 0.2) is 88.3 Å². The van der Waals surface area contributed by atoms with Gasteiger partial charge in [-0.25, -0.2) is 14.4 Å². The molecular weight excluding hydrogens is 497 g/mol. The number of ether oxygens (including phenoxy) is 1. The summed E-state index contributed by atoms with van der Waals surface area (Å²) >= 11 is 0. The topological polar surface area (TPSA) is 127 Å². The number of hydrogen-bond acceptors (Lipinski definition) is 8. The van der Waals surface area contributed by atoms with Crippen LogP contribution in [0.25, 0.3) is 22.1 Å². The van der Waals surface area contributed by atoms with Crippen LogP contribution in [0.4, 0.5) is 16.0 Å². The van der Waals surface area contributed by atoms with Gasteiger partial charge in [0, 0.05) is 12.7 Å². The van der Waals surface area contributed by atoms with Crippen LogP contribution < -0.4 is 16.5 Å². The molecule has 0 fully saturated rings. The molecule has 1 atom stereocenters. The van der Waals surface area contributed by atoms with Gasteiger partial charge in [0.05, 0.1) is 34.9 Å². The molecule has 4 N–H and O–H groups in total. The van der Waals surface area contributed by atoms with E-state index in [0.717, 1.165) is 5.56 Å². The van der Waals surface area contributed by atoms with Crippen LogP contribution in [0.2, 0.25) is 0 Å². The van der Waals surface area contributed by atoms with Crippen LogP contribution >= 0.6 is 0 Å². The molecule has 0 spiro atoms. The lowest BCUT2D eigenvalue weighted by atomic mass is 9.98. The number of nitrogens with one attached hydrogen (secondary N) is 2. The number of rotatable bonds is 8. The number of halogens is 1. The van der Waals surface area contributed by atoms with Crippen LogP contribution in [0.1, 0.15) is 35.4 Å². The first-order chi connectivity index (χ1) is 18.9. The molecule has 0 amide bonds. The van der Waals surface area contributed by atoms with Gasteiger partial charge in [-0.1, -0.05) is 42.5 Å². The summed E-state index contributed by atoms with van der Waals surface area (Å²) in [6.07, 6.45) is 1.30. The second kappa shape index (κ2) is 10.8. The number of hydrogen-bond donors (Lipinski definition) is 3. The predicted octanol–water partition coefficient (Wildman–Crippen LogP) is 5.71. The average molecular weight is 524 g/mol. The van der Waals surface area contributed by atoms with Gasteiger partial charge in [-0.05, 0) is 48.4 Å². The number of nitrogen functional groups attached to an aromatic ring is 1. The maximum absolute atomic E-state index is 14.2. The summed E-state index contributed by atoms with van der Waals surface area (Å²) in [5, 5.41) is 12.6. The molecule has 2 aromatic heterocycles. The number of fused-ring (bicyclic) bond motifs is 1. The Hall–Kier alpha value is -4.89. The Kier molecular flexibility index (Phi) is 7.16. The average Bonchev–Trinajstić information content (AvgIpc) is 2.93. The number of benzene rings is 3. The molecule has 39 heavy (non-hydrogen) atoms. The molecule has 0 radical (unpaired) electrons. The summed E-state index contributed by atoms with van der Waals surface area (Å²) in [5.74, 6) is 0.230. The van der Waals surface area contributed by atoms with Gasteiger partial charge in [0.25, 0.3) is 0 Å². The minimum Gasteiger partial charge on any atom is -0.458 e. The second-order valence-electron chi connectivity index (χ2n) is 9.03. The highest BCUT2D eigenvalue weighted by atomic mass is 19.1. The lowest BCUT2D eigenvalue weighted by molar-refractivity contribution is 0.185. The maximum Gasteiger partial charge on any atom is 0.200 e. The van der Waals surface area contributed by atoms with Gasteiger partial charge in [-0.2, -0.15) is 0 Å². The zero-order valence-corrected chi connectivity index (χ0v) is 21.4. The van der Waals surface area contributed by atoms with Crippen molar-refractivity contribution in [1.29, 1.82) is 5.41 Å². The molecule has 0 saturated heterocycles. The van der Waals surface area contributed by atoms with E-state index in [1.54, 1.807) is 56.5 Å². The lowest BCUT2D eigenvalue weighted by Gasteiger charge is -2.20. The van der Waals surface area contributed by atoms with E-state index in [1.165, 1.54) is 18.5 Å². The van der Waals surface area contributed by atoms with Gasteiger partial charge in [0.1, 0.15) is 35.1 Å². The molecular formula is C30H26FN5O3. The van der Waals surface area contributed by atoms with Crippen LogP contribution in [0.3, 0.4) is 0 Å². The van der Waals surface area contributed by atoms with E-state index in [-0.39, 0.29) is 28.3 Å². The SMILES string of the molecule is COCc1cccc(C(=N)c2c(N)ncnc2NC(C)c2oc3ccccc3c(=O)c2-c2cccc(F)c2)c1. The van der Waals surface area contributed by atoms with Gasteiger partial charge < -0.3 is 20.2 Å². The standard InChI is InChI=1S/C30H26FN5O3/c1-17(28-24(19-8-6-10-21(31)14-19)27(37)22-11-3-4-12-23(22)39-28)36-30-25(29(33)34-16-35-30)26(32)20-9-5-7-18(13-20)15-38-2/h3-14,16-17,32H,15H2,1-2H3,(H3,33,34,35,36). The molecule has 0 bridgehead atoms. The number of nitrogens with two attached hydrogens (primary N) is 1. The molecule has 8 nitrogen and oxygen atoms in total. The smallest absolute Gasteiger partial charge is 0.200 e. The van der Waals surface area contributed by atoms with E-state index in [0.29, 0.717) is 40.0 Å². The van der Waals surface area contributed by atoms with Gasteiger partial charge in [-0.3, -0.25) is 10.2 Å². The van der Waals surface area contributed by atoms with Crippen molar-refractivity contribution in [1.82, 2.24) is 9.97 Å². The normalized spacial score (nSPS) is 11.9. The van der Waals surface area contributed by atoms with E-state index >= 15 is 0 Å². The molecule has 0 aliphatic heterocycles. The first-order valence-electron chi connectivity index (χ1n) is 12.2. The largest absolute Gasteiger partial charge is 0.458 e. The van der Waals surface area contributed by atoms with Crippen LogP contribution in [-0.2, 0) is 11.3 Å². The number of methoxy groups -OCH3 is 1. The lowest BCUT2D eigenvalue weighted by Crippen LogP contribution is -2.19. The number of aromatic nitrogens is 2. The Morgan fingerprint density at radius 2 is 1.90 bits per heavy atom. The summed E-state index contributed by atoms with van der Waals surface area (Å²) in [6.45, 7) is 2.19. The second-order valence-corrected chi connectivity index (χ2v) is 9.03. The monoisotopic (exact) mass is 523 g/mol. The molecule has 0 saturated carbocycles. The van der Waals surface area contributed by atoms with Crippen molar-refractivity contribution in [3.63, 3.8) is 0 Å². The third kappa shape index (κ3) is 5.12. The molecule has 2 heterocycles. The fraction of sp³-hybridized carbons (Fsp3) is 0.133. The predicted molar refractivity (Wildman–Crippen MR) is 149 cm³/mol. The van der Waals surface area contributed by atoms with E-state index in [2.05, 4.69) is 15.3 Å². The minimum atomic E-state index is -0.624. The third-order valence-corrected chi connectivity index (χ3v) is 6.34. The van der Waals surface area contributed by atoms with Crippen LogP contribution in [0.5, 0.6) is 0 Å². The van der Waals surface area contributed by atoms with Crippen molar-refractivity contribution in [3.05, 3.63) is 118 Å². The van der Waals surface area contributed by atoms with Crippen molar-refractivity contribution in [2.75, 3.05) is 18.2 Å². The fourth-order valence-corrected chi connectivity index (χ4v) is 4.53. The minimum absolute atomic E-state index is 0.117. The highest BCUT2D eigenvalue weighted by Crippen LogP contribution is 2.32. The summed E-state index contributed by atoms with van der Waals surface area (Å²) in [6, 6.07) is 19.5.